The molecule has 1 fully saturated rings. The van der Waals surface area contributed by atoms with Gasteiger partial charge in [-0.1, -0.05) is 6.07 Å². The van der Waals surface area contributed by atoms with E-state index in [4.69, 9.17) is 4.74 Å². The Hall–Kier alpha value is -3.39. The third kappa shape index (κ3) is 5.34. The second-order valence-corrected chi connectivity index (χ2v) is 8.97. The van der Waals surface area contributed by atoms with Crippen molar-refractivity contribution >= 4 is 33.8 Å². The van der Waals surface area contributed by atoms with Crippen LogP contribution >= 0.6 is 11.3 Å². The molecule has 8 heteroatoms. The SMILES string of the molecule is COc1ccc(N2CCCN(C(=O)c3sc(NC(=O)c4cccc(F)c4)cc3C)CC2)cc1. The molecule has 172 valence electrons. The molecule has 0 spiro atoms. The third-order valence-corrected chi connectivity index (χ3v) is 6.80. The van der Waals surface area contributed by atoms with Gasteiger partial charge in [0.25, 0.3) is 11.8 Å². The van der Waals surface area contributed by atoms with Crippen LogP contribution < -0.4 is 15.0 Å². The van der Waals surface area contributed by atoms with Gasteiger partial charge in [0.05, 0.1) is 17.0 Å². The van der Waals surface area contributed by atoms with Crippen LogP contribution in [0.15, 0.2) is 54.6 Å². The van der Waals surface area contributed by atoms with Crippen molar-refractivity contribution in [1.82, 2.24) is 4.90 Å². The van der Waals surface area contributed by atoms with Crippen molar-refractivity contribution in [3.8, 4) is 5.75 Å². The number of thiophene rings is 1. The number of hydrogen-bond donors (Lipinski definition) is 1. The van der Waals surface area contributed by atoms with E-state index in [0.29, 0.717) is 23.0 Å². The maximum atomic E-state index is 13.4. The predicted octanol–water partition coefficient (Wildman–Crippen LogP) is 4.81. The van der Waals surface area contributed by atoms with Crippen LogP contribution in [0.1, 0.15) is 32.0 Å². The van der Waals surface area contributed by atoms with Crippen molar-refractivity contribution in [2.24, 2.45) is 0 Å². The van der Waals surface area contributed by atoms with Gasteiger partial charge in [0, 0.05) is 37.4 Å². The van der Waals surface area contributed by atoms with E-state index in [1.54, 1.807) is 19.2 Å². The number of hydrogen-bond acceptors (Lipinski definition) is 5. The summed E-state index contributed by atoms with van der Waals surface area (Å²) in [6.45, 7) is 4.77. The maximum absolute atomic E-state index is 13.4. The number of carbonyl (C=O) groups excluding carboxylic acids is 2. The second-order valence-electron chi connectivity index (χ2n) is 7.92. The molecule has 1 saturated heterocycles. The van der Waals surface area contributed by atoms with E-state index in [1.165, 1.54) is 29.5 Å². The Kier molecular flexibility index (Phi) is 6.93. The Bertz CT molecular complexity index is 1150. The van der Waals surface area contributed by atoms with E-state index in [-0.39, 0.29) is 11.5 Å². The van der Waals surface area contributed by atoms with E-state index < -0.39 is 11.7 Å². The lowest BCUT2D eigenvalue weighted by Gasteiger charge is -2.24. The summed E-state index contributed by atoms with van der Waals surface area (Å²) in [5.74, 6) is -0.0791. The highest BCUT2D eigenvalue weighted by Crippen LogP contribution is 2.29. The molecule has 0 unspecified atom stereocenters. The fourth-order valence-corrected chi connectivity index (χ4v) is 4.92. The Morgan fingerprint density at radius 2 is 1.82 bits per heavy atom. The third-order valence-electron chi connectivity index (χ3n) is 5.66. The fourth-order valence-electron chi connectivity index (χ4n) is 3.89. The number of nitrogens with one attached hydrogen (secondary N) is 1. The lowest BCUT2D eigenvalue weighted by atomic mass is 10.2. The quantitative estimate of drug-likeness (QED) is 0.585. The summed E-state index contributed by atoms with van der Waals surface area (Å²) in [7, 11) is 1.65. The topological polar surface area (TPSA) is 61.9 Å². The highest BCUT2D eigenvalue weighted by atomic mass is 32.1. The molecular formula is C25H26FN3O3S. The first kappa shape index (κ1) is 22.8. The first-order valence-electron chi connectivity index (χ1n) is 10.8. The average molecular weight is 468 g/mol. The number of nitrogens with zero attached hydrogens (tertiary/aromatic N) is 2. The van der Waals surface area contributed by atoms with Gasteiger partial charge >= 0.3 is 0 Å². The summed E-state index contributed by atoms with van der Waals surface area (Å²) in [4.78, 5) is 30.5. The fraction of sp³-hybridized carbons (Fsp3) is 0.280. The average Bonchev–Trinajstić information content (AvgIpc) is 3.02. The number of methoxy groups -OCH3 is 1. The number of ether oxygens (including phenoxy) is 1. The van der Waals surface area contributed by atoms with Crippen LogP contribution in [0.4, 0.5) is 15.1 Å². The predicted molar refractivity (Wildman–Crippen MR) is 129 cm³/mol. The van der Waals surface area contributed by atoms with Crippen LogP contribution in [0.2, 0.25) is 0 Å². The molecule has 0 aliphatic carbocycles. The van der Waals surface area contributed by atoms with Crippen molar-refractivity contribution in [1.29, 1.82) is 0 Å². The molecule has 3 aromatic rings. The number of carbonyl (C=O) groups is 2. The van der Waals surface area contributed by atoms with Gasteiger partial charge < -0.3 is 19.9 Å². The lowest BCUT2D eigenvalue weighted by Crippen LogP contribution is -2.35. The minimum absolute atomic E-state index is 0.0275. The highest BCUT2D eigenvalue weighted by molar-refractivity contribution is 7.18. The summed E-state index contributed by atoms with van der Waals surface area (Å²) in [6.07, 6.45) is 0.866. The minimum atomic E-state index is -0.467. The first-order chi connectivity index (χ1) is 15.9. The Morgan fingerprint density at radius 3 is 2.55 bits per heavy atom. The van der Waals surface area contributed by atoms with Crippen molar-refractivity contribution in [2.75, 3.05) is 43.5 Å². The van der Waals surface area contributed by atoms with Gasteiger partial charge in [-0.05, 0) is 67.4 Å². The van der Waals surface area contributed by atoms with Gasteiger partial charge in [-0.15, -0.1) is 11.3 Å². The summed E-state index contributed by atoms with van der Waals surface area (Å²) in [6, 6.07) is 15.3. The molecule has 0 atom stereocenters. The van der Waals surface area contributed by atoms with Crippen LogP contribution in [0.5, 0.6) is 5.75 Å². The molecule has 33 heavy (non-hydrogen) atoms. The molecule has 0 bridgehead atoms. The molecule has 2 aromatic carbocycles. The zero-order valence-corrected chi connectivity index (χ0v) is 19.5. The molecule has 2 heterocycles. The van der Waals surface area contributed by atoms with Gasteiger partial charge in [-0.2, -0.15) is 0 Å². The van der Waals surface area contributed by atoms with E-state index >= 15 is 0 Å². The summed E-state index contributed by atoms with van der Waals surface area (Å²) in [5, 5.41) is 3.35. The molecule has 0 saturated carbocycles. The number of halogens is 1. The number of rotatable bonds is 5. The largest absolute Gasteiger partial charge is 0.497 e. The normalized spacial score (nSPS) is 14.0. The molecule has 1 aliphatic heterocycles. The molecular weight excluding hydrogens is 441 g/mol. The standard InChI is InChI=1S/C25H26FN3O3S/c1-17-15-22(27-24(30)18-5-3-6-19(26)16-18)33-23(17)25(31)29-12-4-11-28(13-14-29)20-7-9-21(32-2)10-8-20/h3,5-10,15-16H,4,11-14H2,1-2H3,(H,27,30). The number of amides is 2. The Morgan fingerprint density at radius 1 is 1.03 bits per heavy atom. The second kappa shape index (κ2) is 10.0. The molecule has 4 rings (SSSR count). The van der Waals surface area contributed by atoms with Gasteiger partial charge in [0.15, 0.2) is 0 Å². The van der Waals surface area contributed by atoms with Crippen LogP contribution in [0, 0.1) is 12.7 Å². The van der Waals surface area contributed by atoms with E-state index in [0.717, 1.165) is 36.5 Å². The van der Waals surface area contributed by atoms with E-state index in [9.17, 15) is 14.0 Å². The molecule has 2 amide bonds. The van der Waals surface area contributed by atoms with Gasteiger partial charge in [-0.3, -0.25) is 9.59 Å². The molecule has 0 radical (unpaired) electrons. The number of benzene rings is 2. The van der Waals surface area contributed by atoms with Crippen molar-refractivity contribution in [3.05, 3.63) is 76.4 Å². The summed E-state index contributed by atoms with van der Waals surface area (Å²) < 4.78 is 18.6. The summed E-state index contributed by atoms with van der Waals surface area (Å²) in [5.41, 5.74) is 2.16. The van der Waals surface area contributed by atoms with Crippen LogP contribution in [-0.4, -0.2) is 50.0 Å². The number of anilines is 2. The maximum Gasteiger partial charge on any atom is 0.264 e. The van der Waals surface area contributed by atoms with Crippen molar-refractivity contribution < 1.29 is 18.7 Å². The molecule has 1 aliphatic rings. The van der Waals surface area contributed by atoms with E-state index in [2.05, 4.69) is 10.2 Å². The van der Waals surface area contributed by atoms with E-state index in [1.807, 2.05) is 36.1 Å². The van der Waals surface area contributed by atoms with Gasteiger partial charge in [0.2, 0.25) is 0 Å². The molecule has 1 aromatic heterocycles. The first-order valence-corrected chi connectivity index (χ1v) is 11.6. The minimum Gasteiger partial charge on any atom is -0.497 e. The monoisotopic (exact) mass is 467 g/mol. The van der Waals surface area contributed by atoms with Gasteiger partial charge in [-0.25, -0.2) is 4.39 Å². The lowest BCUT2D eigenvalue weighted by molar-refractivity contribution is 0.0771. The zero-order chi connectivity index (χ0) is 23.4. The Labute approximate surface area is 196 Å². The highest BCUT2D eigenvalue weighted by Gasteiger charge is 2.24. The zero-order valence-electron chi connectivity index (χ0n) is 18.6. The van der Waals surface area contributed by atoms with Crippen LogP contribution in [0.25, 0.3) is 0 Å². The van der Waals surface area contributed by atoms with Gasteiger partial charge in [0.1, 0.15) is 11.6 Å². The van der Waals surface area contributed by atoms with Crippen molar-refractivity contribution in [3.63, 3.8) is 0 Å². The van der Waals surface area contributed by atoms with Crippen molar-refractivity contribution in [2.45, 2.75) is 13.3 Å². The van der Waals surface area contributed by atoms with Crippen LogP contribution in [-0.2, 0) is 0 Å². The molecule has 6 nitrogen and oxygen atoms in total. The van der Waals surface area contributed by atoms with Crippen LogP contribution in [0.3, 0.4) is 0 Å². The number of aryl methyl sites for hydroxylation is 1. The molecule has 1 N–H and O–H groups in total. The summed E-state index contributed by atoms with van der Waals surface area (Å²) >= 11 is 1.25. The Balaban J connectivity index is 1.41. The smallest absolute Gasteiger partial charge is 0.264 e.